The Bertz CT molecular complexity index is 508. The Morgan fingerprint density at radius 3 is 2.12 bits per heavy atom. The number of cyclic esters (lactones) is 1. The first-order chi connectivity index (χ1) is 11.3. The number of hydrogen-bond donors (Lipinski definition) is 3. The van der Waals surface area contributed by atoms with Gasteiger partial charge in [0.05, 0.1) is 0 Å². The van der Waals surface area contributed by atoms with Gasteiger partial charge in [-0.15, -0.1) is 0 Å². The summed E-state index contributed by atoms with van der Waals surface area (Å²) in [6, 6.07) is -1.21. The van der Waals surface area contributed by atoms with Crippen LogP contribution in [0.5, 0.6) is 0 Å². The van der Waals surface area contributed by atoms with Crippen LogP contribution in [0, 0.1) is 0 Å². The Kier molecular flexibility index (Phi) is 6.64. The summed E-state index contributed by atoms with van der Waals surface area (Å²) in [4.78, 5) is 35.1. The molecule has 1 heterocycles. The highest BCUT2D eigenvalue weighted by Crippen LogP contribution is 2.19. The molecule has 0 aromatic rings. The lowest BCUT2D eigenvalue weighted by molar-refractivity contribution is -0.143. The molecule has 1 fully saturated rings. The molecule has 144 valence electrons. The smallest absolute Gasteiger partial charge is 0.408 e. The summed E-state index contributed by atoms with van der Waals surface area (Å²) in [7, 11) is 0. The minimum atomic E-state index is -1.24. The lowest BCUT2D eigenvalue weighted by Crippen LogP contribution is -2.48. The lowest BCUT2D eigenvalue weighted by Gasteiger charge is -2.22. The molecule has 0 aromatic heterocycles. The van der Waals surface area contributed by atoms with E-state index in [0.717, 1.165) is 0 Å². The van der Waals surface area contributed by atoms with Crippen LogP contribution in [-0.4, -0.2) is 59.3 Å². The number of aliphatic hydroxyl groups excluding tert-OH is 1. The van der Waals surface area contributed by atoms with E-state index in [1.165, 1.54) is 0 Å². The third-order valence-electron chi connectivity index (χ3n) is 3.01. The van der Waals surface area contributed by atoms with E-state index in [2.05, 4.69) is 10.6 Å². The van der Waals surface area contributed by atoms with Gasteiger partial charge >= 0.3 is 18.2 Å². The number of alkyl carbamates (subject to hydrolysis) is 2. The Balaban J connectivity index is 2.45. The van der Waals surface area contributed by atoms with Crippen molar-refractivity contribution in [2.75, 3.05) is 6.54 Å². The van der Waals surface area contributed by atoms with Crippen LogP contribution < -0.4 is 10.6 Å². The number of carbonyl (C=O) groups is 3. The molecular weight excluding hydrogens is 332 g/mol. The molecule has 0 radical (unpaired) electrons. The van der Waals surface area contributed by atoms with Gasteiger partial charge in [0.2, 0.25) is 0 Å². The van der Waals surface area contributed by atoms with Crippen molar-refractivity contribution in [1.82, 2.24) is 10.6 Å². The third kappa shape index (κ3) is 7.59. The molecule has 3 atom stereocenters. The van der Waals surface area contributed by atoms with Crippen molar-refractivity contribution < 1.29 is 33.7 Å². The van der Waals surface area contributed by atoms with Crippen molar-refractivity contribution in [2.24, 2.45) is 0 Å². The fourth-order valence-corrected chi connectivity index (χ4v) is 2.09. The Morgan fingerprint density at radius 2 is 1.60 bits per heavy atom. The molecule has 9 nitrogen and oxygen atoms in total. The van der Waals surface area contributed by atoms with Crippen LogP contribution in [0.3, 0.4) is 0 Å². The molecular formula is C16H28N2O7. The summed E-state index contributed by atoms with van der Waals surface area (Å²) in [5.41, 5.74) is -1.35. The Hall–Kier alpha value is -2.03. The van der Waals surface area contributed by atoms with E-state index in [9.17, 15) is 19.5 Å². The van der Waals surface area contributed by atoms with Crippen LogP contribution in [0.2, 0.25) is 0 Å². The quantitative estimate of drug-likeness (QED) is 0.506. The molecule has 0 aromatic carbocycles. The van der Waals surface area contributed by atoms with E-state index in [1.807, 2.05) is 0 Å². The normalized spacial score (nSPS) is 23.6. The highest BCUT2D eigenvalue weighted by atomic mass is 16.6. The average Bonchev–Trinajstić information content (AvgIpc) is 2.62. The monoisotopic (exact) mass is 360 g/mol. The number of rotatable bonds is 4. The average molecular weight is 360 g/mol. The maximum Gasteiger partial charge on any atom is 0.408 e. The fraction of sp³-hybridized carbons (Fsp3) is 0.812. The molecule has 1 saturated heterocycles. The molecule has 0 aliphatic carbocycles. The zero-order valence-corrected chi connectivity index (χ0v) is 15.5. The van der Waals surface area contributed by atoms with Crippen LogP contribution in [0.25, 0.3) is 0 Å². The second kappa shape index (κ2) is 7.90. The maximum atomic E-state index is 11.8. The molecule has 0 spiro atoms. The Morgan fingerprint density at radius 1 is 1.08 bits per heavy atom. The van der Waals surface area contributed by atoms with E-state index < -0.39 is 47.6 Å². The number of hydrogen-bond acceptors (Lipinski definition) is 7. The van der Waals surface area contributed by atoms with E-state index in [-0.39, 0.29) is 13.0 Å². The van der Waals surface area contributed by atoms with E-state index >= 15 is 0 Å². The van der Waals surface area contributed by atoms with Crippen molar-refractivity contribution in [3.8, 4) is 0 Å². The molecule has 2 amide bonds. The van der Waals surface area contributed by atoms with Crippen LogP contribution in [0.15, 0.2) is 0 Å². The Labute approximate surface area is 147 Å². The standard InChI is InChI=1S/C16H28N2O7/c1-15(2,3)24-13(21)17-8-7-9-11(19)10(12(20)23-9)18-14(22)25-16(4,5)6/h9-11,19H,7-8H2,1-6H3,(H,17,21)(H,18,22)/t9-,10+,11+/m1/s1. The molecule has 3 N–H and O–H groups in total. The van der Waals surface area contributed by atoms with Gasteiger partial charge in [-0.3, -0.25) is 0 Å². The van der Waals surface area contributed by atoms with Crippen molar-refractivity contribution >= 4 is 18.2 Å². The van der Waals surface area contributed by atoms with Crippen molar-refractivity contribution in [2.45, 2.75) is 77.4 Å². The molecule has 0 saturated carbocycles. The van der Waals surface area contributed by atoms with Gasteiger partial charge in [-0.05, 0) is 41.5 Å². The summed E-state index contributed by atoms with van der Waals surface area (Å²) in [5, 5.41) is 15.0. The van der Waals surface area contributed by atoms with Crippen LogP contribution >= 0.6 is 0 Å². The second-order valence-electron chi connectivity index (χ2n) is 7.81. The summed E-state index contributed by atoms with van der Waals surface area (Å²) in [6.07, 6.45) is -3.32. The van der Waals surface area contributed by atoms with E-state index in [4.69, 9.17) is 14.2 Å². The van der Waals surface area contributed by atoms with Crippen molar-refractivity contribution in [3.05, 3.63) is 0 Å². The summed E-state index contributed by atoms with van der Waals surface area (Å²) in [5.74, 6) is -0.749. The number of ether oxygens (including phenoxy) is 3. The molecule has 25 heavy (non-hydrogen) atoms. The van der Waals surface area contributed by atoms with E-state index in [1.54, 1.807) is 41.5 Å². The van der Waals surface area contributed by atoms with Crippen molar-refractivity contribution in [3.63, 3.8) is 0 Å². The molecule has 9 heteroatoms. The minimum absolute atomic E-state index is 0.142. The largest absolute Gasteiger partial charge is 0.458 e. The molecule has 0 unspecified atom stereocenters. The predicted octanol–water partition coefficient (Wildman–Crippen LogP) is 1.08. The van der Waals surface area contributed by atoms with Gasteiger partial charge < -0.3 is 30.0 Å². The van der Waals surface area contributed by atoms with Gasteiger partial charge in [-0.1, -0.05) is 0 Å². The highest BCUT2D eigenvalue weighted by molar-refractivity contribution is 5.84. The topological polar surface area (TPSA) is 123 Å². The lowest BCUT2D eigenvalue weighted by atomic mass is 10.1. The van der Waals surface area contributed by atoms with Crippen molar-refractivity contribution in [1.29, 1.82) is 0 Å². The highest BCUT2D eigenvalue weighted by Gasteiger charge is 2.44. The number of carbonyl (C=O) groups excluding carboxylic acids is 3. The molecule has 1 aliphatic heterocycles. The third-order valence-corrected chi connectivity index (χ3v) is 3.01. The van der Waals surface area contributed by atoms with Gasteiger partial charge in [0, 0.05) is 13.0 Å². The SMILES string of the molecule is CC(C)(C)OC(=O)NCC[C@H]1OC(=O)[C@@H](NC(=O)OC(C)(C)C)[C@H]1O. The minimum Gasteiger partial charge on any atom is -0.458 e. The van der Waals surface area contributed by atoms with Crippen LogP contribution in [0.4, 0.5) is 9.59 Å². The van der Waals surface area contributed by atoms with Gasteiger partial charge in [0.15, 0.2) is 6.04 Å². The number of amides is 2. The first-order valence-electron chi connectivity index (χ1n) is 8.13. The summed E-state index contributed by atoms with van der Waals surface area (Å²) < 4.78 is 15.2. The van der Waals surface area contributed by atoms with Gasteiger partial charge in [-0.25, -0.2) is 14.4 Å². The number of esters is 1. The molecule has 1 aliphatic rings. The first kappa shape index (κ1) is 21.0. The van der Waals surface area contributed by atoms with Gasteiger partial charge in [0.1, 0.15) is 23.4 Å². The number of nitrogens with one attached hydrogen (secondary N) is 2. The first-order valence-corrected chi connectivity index (χ1v) is 8.13. The predicted molar refractivity (Wildman–Crippen MR) is 87.9 cm³/mol. The van der Waals surface area contributed by atoms with Crippen LogP contribution in [-0.2, 0) is 19.0 Å². The second-order valence-corrected chi connectivity index (χ2v) is 7.81. The van der Waals surface area contributed by atoms with Gasteiger partial charge in [0.25, 0.3) is 0 Å². The fourth-order valence-electron chi connectivity index (χ4n) is 2.09. The summed E-state index contributed by atoms with van der Waals surface area (Å²) in [6.45, 7) is 10.4. The maximum absolute atomic E-state index is 11.8. The molecule has 1 rings (SSSR count). The summed E-state index contributed by atoms with van der Waals surface area (Å²) >= 11 is 0. The zero-order valence-electron chi connectivity index (χ0n) is 15.5. The van der Waals surface area contributed by atoms with Gasteiger partial charge in [-0.2, -0.15) is 0 Å². The zero-order chi connectivity index (χ0) is 19.4. The van der Waals surface area contributed by atoms with Crippen LogP contribution in [0.1, 0.15) is 48.0 Å². The molecule has 0 bridgehead atoms. The number of aliphatic hydroxyl groups is 1. The van der Waals surface area contributed by atoms with E-state index in [0.29, 0.717) is 0 Å².